The van der Waals surface area contributed by atoms with Gasteiger partial charge in [-0.1, -0.05) is 40.0 Å². The highest BCUT2D eigenvalue weighted by Crippen LogP contribution is 2.33. The van der Waals surface area contributed by atoms with E-state index < -0.39 is 0 Å². The summed E-state index contributed by atoms with van der Waals surface area (Å²) in [6.45, 7) is 6.76. The van der Waals surface area contributed by atoms with Gasteiger partial charge in [-0.3, -0.25) is 0 Å². The van der Waals surface area contributed by atoms with Crippen molar-refractivity contribution in [1.82, 2.24) is 9.55 Å². The van der Waals surface area contributed by atoms with Crippen LogP contribution in [0.15, 0.2) is 6.20 Å². The molecule has 0 aliphatic heterocycles. The van der Waals surface area contributed by atoms with Crippen LogP contribution in [0.1, 0.15) is 64.6 Å². The zero-order valence-corrected chi connectivity index (χ0v) is 11.4. The molecular formula is C13H22N2S. The Morgan fingerprint density at radius 3 is 2.44 bits per heavy atom. The van der Waals surface area contributed by atoms with Crippen LogP contribution in [0.2, 0.25) is 0 Å². The summed E-state index contributed by atoms with van der Waals surface area (Å²) in [6.07, 6.45) is 8.75. The summed E-state index contributed by atoms with van der Waals surface area (Å²) in [5.41, 5.74) is 1.52. The fourth-order valence-corrected chi connectivity index (χ4v) is 2.96. The highest BCUT2D eigenvalue weighted by molar-refractivity contribution is 7.71. The van der Waals surface area contributed by atoms with Gasteiger partial charge in [-0.25, -0.2) is 0 Å². The van der Waals surface area contributed by atoms with E-state index in [1.807, 2.05) is 0 Å². The number of hydrogen-bond acceptors (Lipinski definition) is 1. The molecule has 1 N–H and O–H groups in total. The second kappa shape index (κ2) is 4.36. The first kappa shape index (κ1) is 11.9. The molecule has 0 bridgehead atoms. The molecular weight excluding hydrogens is 216 g/mol. The van der Waals surface area contributed by atoms with Crippen molar-refractivity contribution in [3.63, 3.8) is 0 Å². The molecule has 1 fully saturated rings. The molecule has 0 unspecified atom stereocenters. The highest BCUT2D eigenvalue weighted by Gasteiger charge is 2.24. The fourth-order valence-electron chi connectivity index (χ4n) is 2.66. The first-order valence-corrected chi connectivity index (χ1v) is 6.71. The monoisotopic (exact) mass is 238 g/mol. The Morgan fingerprint density at radius 1 is 1.25 bits per heavy atom. The first-order chi connectivity index (χ1) is 7.50. The summed E-state index contributed by atoms with van der Waals surface area (Å²) in [5.74, 6) is 0. The molecule has 1 aromatic heterocycles. The SMILES string of the molecule is CC(C)(C)c1c[nH]c(=S)n1C1CCCCC1. The quantitative estimate of drug-likeness (QED) is 0.721. The number of hydrogen-bond donors (Lipinski definition) is 1. The molecule has 1 aromatic rings. The van der Waals surface area contributed by atoms with Gasteiger partial charge in [-0.05, 0) is 25.1 Å². The molecule has 1 heterocycles. The average molecular weight is 238 g/mol. The van der Waals surface area contributed by atoms with Gasteiger partial charge >= 0.3 is 0 Å². The number of nitrogens with one attached hydrogen (secondary N) is 1. The van der Waals surface area contributed by atoms with Crippen molar-refractivity contribution in [2.45, 2.75) is 64.3 Å². The first-order valence-electron chi connectivity index (χ1n) is 6.30. The zero-order valence-electron chi connectivity index (χ0n) is 10.5. The maximum atomic E-state index is 5.43. The van der Waals surface area contributed by atoms with Crippen molar-refractivity contribution < 1.29 is 0 Å². The van der Waals surface area contributed by atoms with Crippen molar-refractivity contribution in [1.29, 1.82) is 0 Å². The van der Waals surface area contributed by atoms with E-state index in [0.717, 1.165) is 4.77 Å². The number of imidazole rings is 1. The smallest absolute Gasteiger partial charge is 0.177 e. The topological polar surface area (TPSA) is 20.7 Å². The van der Waals surface area contributed by atoms with Crippen LogP contribution < -0.4 is 0 Å². The van der Waals surface area contributed by atoms with Gasteiger partial charge in [0.05, 0.1) is 0 Å². The molecule has 3 heteroatoms. The summed E-state index contributed by atoms with van der Waals surface area (Å²) in [4.78, 5) is 3.22. The molecule has 0 radical (unpaired) electrons. The number of aromatic nitrogens is 2. The Labute approximate surface area is 103 Å². The van der Waals surface area contributed by atoms with Gasteiger partial charge in [0.15, 0.2) is 4.77 Å². The lowest BCUT2D eigenvalue weighted by molar-refractivity contribution is 0.331. The number of nitrogens with zero attached hydrogens (tertiary/aromatic N) is 1. The van der Waals surface area contributed by atoms with E-state index in [-0.39, 0.29) is 5.41 Å². The second-order valence-corrected chi connectivity index (χ2v) is 6.28. The van der Waals surface area contributed by atoms with Crippen LogP contribution in [0, 0.1) is 4.77 Å². The normalized spacial score (nSPS) is 18.9. The van der Waals surface area contributed by atoms with Gasteiger partial charge in [-0.15, -0.1) is 0 Å². The van der Waals surface area contributed by atoms with Crippen molar-refractivity contribution in [3.8, 4) is 0 Å². The van der Waals surface area contributed by atoms with Crippen LogP contribution in [0.3, 0.4) is 0 Å². The van der Waals surface area contributed by atoms with Crippen molar-refractivity contribution in [2.24, 2.45) is 0 Å². The van der Waals surface area contributed by atoms with E-state index in [9.17, 15) is 0 Å². The Morgan fingerprint density at radius 2 is 1.88 bits per heavy atom. The molecule has 1 saturated carbocycles. The lowest BCUT2D eigenvalue weighted by atomic mass is 9.90. The molecule has 0 saturated heterocycles. The fraction of sp³-hybridized carbons (Fsp3) is 0.769. The molecule has 2 nitrogen and oxygen atoms in total. The van der Waals surface area contributed by atoms with Crippen LogP contribution in [0.4, 0.5) is 0 Å². The highest BCUT2D eigenvalue weighted by atomic mass is 32.1. The maximum Gasteiger partial charge on any atom is 0.177 e. The Bertz CT molecular complexity index is 402. The molecule has 0 aromatic carbocycles. The minimum absolute atomic E-state index is 0.172. The van der Waals surface area contributed by atoms with Crippen LogP contribution in [-0.4, -0.2) is 9.55 Å². The lowest BCUT2D eigenvalue weighted by Crippen LogP contribution is -2.22. The van der Waals surface area contributed by atoms with Gasteiger partial charge < -0.3 is 9.55 Å². The van der Waals surface area contributed by atoms with Crippen LogP contribution in [-0.2, 0) is 5.41 Å². The Kier molecular flexibility index (Phi) is 3.24. The third kappa shape index (κ3) is 2.24. The summed E-state index contributed by atoms with van der Waals surface area (Å²) < 4.78 is 3.27. The van der Waals surface area contributed by atoms with E-state index in [1.54, 1.807) is 0 Å². The van der Waals surface area contributed by atoms with E-state index in [4.69, 9.17) is 12.2 Å². The third-order valence-electron chi connectivity index (χ3n) is 3.52. The predicted octanol–water partition coefficient (Wildman–Crippen LogP) is 4.35. The number of aromatic amines is 1. The van der Waals surface area contributed by atoms with Gasteiger partial charge in [0, 0.05) is 23.3 Å². The lowest BCUT2D eigenvalue weighted by Gasteiger charge is -2.29. The van der Waals surface area contributed by atoms with Crippen LogP contribution >= 0.6 is 12.2 Å². The third-order valence-corrected chi connectivity index (χ3v) is 3.83. The molecule has 16 heavy (non-hydrogen) atoms. The molecule has 0 spiro atoms. The zero-order chi connectivity index (χ0) is 11.8. The average Bonchev–Trinajstić information content (AvgIpc) is 2.61. The van der Waals surface area contributed by atoms with Gasteiger partial charge in [-0.2, -0.15) is 0 Å². The summed E-state index contributed by atoms with van der Waals surface area (Å²) in [5, 5.41) is 0. The molecule has 1 aliphatic carbocycles. The van der Waals surface area contributed by atoms with Crippen molar-refractivity contribution in [3.05, 3.63) is 16.7 Å². The number of H-pyrrole nitrogens is 1. The molecule has 90 valence electrons. The van der Waals surface area contributed by atoms with Crippen molar-refractivity contribution >= 4 is 12.2 Å². The minimum atomic E-state index is 0.172. The van der Waals surface area contributed by atoms with E-state index in [0.29, 0.717) is 6.04 Å². The summed E-state index contributed by atoms with van der Waals surface area (Å²) in [7, 11) is 0. The largest absolute Gasteiger partial charge is 0.337 e. The standard InChI is InChI=1S/C13H22N2S/c1-13(2,3)11-9-14-12(16)15(11)10-7-5-4-6-8-10/h9-10H,4-8H2,1-3H3,(H,14,16). The summed E-state index contributed by atoms with van der Waals surface area (Å²) >= 11 is 5.43. The maximum absolute atomic E-state index is 5.43. The number of rotatable bonds is 1. The van der Waals surface area contributed by atoms with Crippen LogP contribution in [0.25, 0.3) is 0 Å². The van der Waals surface area contributed by atoms with E-state index in [1.165, 1.54) is 37.8 Å². The minimum Gasteiger partial charge on any atom is -0.337 e. The van der Waals surface area contributed by atoms with Crippen LogP contribution in [0.5, 0.6) is 0 Å². The van der Waals surface area contributed by atoms with Gasteiger partial charge in [0.25, 0.3) is 0 Å². The van der Waals surface area contributed by atoms with E-state index in [2.05, 4.69) is 36.5 Å². The summed E-state index contributed by atoms with van der Waals surface area (Å²) in [6, 6.07) is 0.627. The molecule has 2 rings (SSSR count). The molecule has 0 amide bonds. The van der Waals surface area contributed by atoms with E-state index >= 15 is 0 Å². The van der Waals surface area contributed by atoms with Crippen molar-refractivity contribution in [2.75, 3.05) is 0 Å². The predicted molar refractivity (Wildman–Crippen MR) is 70.4 cm³/mol. The Hall–Kier alpha value is -0.570. The van der Waals surface area contributed by atoms with Gasteiger partial charge in [0.1, 0.15) is 0 Å². The molecule has 1 aliphatic rings. The Balaban J connectivity index is 2.38. The molecule has 0 atom stereocenters. The second-order valence-electron chi connectivity index (χ2n) is 5.89. The van der Waals surface area contributed by atoms with Gasteiger partial charge in [0.2, 0.25) is 0 Å².